The number of aromatic hydroxyl groups is 1. The molecule has 1 saturated heterocycles. The van der Waals surface area contributed by atoms with E-state index < -0.39 is 23.2 Å². The molecule has 3 aromatic rings. The van der Waals surface area contributed by atoms with Crippen molar-refractivity contribution in [3.63, 3.8) is 0 Å². The van der Waals surface area contributed by atoms with Crippen molar-refractivity contribution >= 4 is 69.9 Å². The van der Waals surface area contributed by atoms with Gasteiger partial charge in [0.1, 0.15) is 11.8 Å². The molecule has 4 amide bonds. The summed E-state index contributed by atoms with van der Waals surface area (Å²) >= 11 is 1.30. The number of ketones is 1. The number of carboxylic acids is 1. The highest BCUT2D eigenvalue weighted by Gasteiger charge is 2.38. The SMILES string of the molecule is CNC(CSC1CC(=O)N(CCCCCNC(=O)CCC(NC(=O)c2ccc(NCc3cnc4nc(N)nc(O)c4n3)cc2)C(=O)O)C1=O)C(C)=O. The van der Waals surface area contributed by atoms with E-state index in [0.29, 0.717) is 42.9 Å². The summed E-state index contributed by atoms with van der Waals surface area (Å²) in [5.74, 6) is -2.87. The number of nitrogen functional groups attached to an aromatic ring is 1. The quantitative estimate of drug-likeness (QED) is 0.0618. The first-order chi connectivity index (χ1) is 24.9. The number of nitrogens with zero attached hydrogens (tertiary/aromatic N) is 5. The number of likely N-dealkylation sites (tertiary alicyclic amines) is 1. The summed E-state index contributed by atoms with van der Waals surface area (Å²) in [5.41, 5.74) is 7.10. The topological polar surface area (TPSA) is 272 Å². The number of carbonyl (C=O) groups is 6. The van der Waals surface area contributed by atoms with E-state index >= 15 is 0 Å². The fourth-order valence-corrected chi connectivity index (χ4v) is 6.62. The Morgan fingerprint density at radius 2 is 1.81 bits per heavy atom. The molecule has 1 aromatic carbocycles. The van der Waals surface area contributed by atoms with Crippen LogP contribution < -0.4 is 27.0 Å². The van der Waals surface area contributed by atoms with Gasteiger partial charge in [-0.1, -0.05) is 0 Å². The number of amides is 4. The number of fused-ring (bicyclic) bond motifs is 1. The second-order valence-electron chi connectivity index (χ2n) is 12.0. The molecule has 18 nitrogen and oxygen atoms in total. The monoisotopic (exact) mass is 738 g/mol. The third-order valence-electron chi connectivity index (χ3n) is 8.23. The second kappa shape index (κ2) is 18.7. The molecule has 0 saturated carbocycles. The molecule has 8 N–H and O–H groups in total. The van der Waals surface area contributed by atoms with Crippen molar-refractivity contribution in [2.45, 2.75) is 69.3 Å². The first-order valence-corrected chi connectivity index (χ1v) is 17.7. The number of carbonyl (C=O) groups excluding carboxylic acids is 5. The summed E-state index contributed by atoms with van der Waals surface area (Å²) in [6.07, 6.45) is 3.15. The van der Waals surface area contributed by atoms with Crippen LogP contribution in [0.2, 0.25) is 0 Å². The minimum Gasteiger partial charge on any atom is -0.492 e. The van der Waals surface area contributed by atoms with Crippen LogP contribution in [-0.2, 0) is 30.5 Å². The van der Waals surface area contributed by atoms with Gasteiger partial charge in [0.25, 0.3) is 5.91 Å². The number of hydrogen-bond acceptors (Lipinski definition) is 15. The van der Waals surface area contributed by atoms with Gasteiger partial charge in [-0.25, -0.2) is 14.8 Å². The van der Waals surface area contributed by atoms with E-state index in [9.17, 15) is 39.0 Å². The molecule has 3 atom stereocenters. The molecule has 0 radical (unpaired) electrons. The first kappa shape index (κ1) is 39.4. The lowest BCUT2D eigenvalue weighted by molar-refractivity contribution is -0.140. The van der Waals surface area contributed by atoms with Gasteiger partial charge in [-0.3, -0.25) is 28.9 Å². The van der Waals surface area contributed by atoms with Gasteiger partial charge < -0.3 is 37.2 Å². The van der Waals surface area contributed by atoms with Gasteiger partial charge in [-0.05, 0) is 63.9 Å². The van der Waals surface area contributed by atoms with Crippen molar-refractivity contribution in [3.05, 3.63) is 41.7 Å². The molecular formula is C33H42N10O8S. The van der Waals surface area contributed by atoms with Crippen molar-refractivity contribution in [1.29, 1.82) is 0 Å². The third kappa shape index (κ3) is 11.0. The van der Waals surface area contributed by atoms with E-state index in [1.54, 1.807) is 19.2 Å². The number of hydrogen-bond donors (Lipinski definition) is 7. The zero-order chi connectivity index (χ0) is 37.8. The number of aliphatic carboxylic acids is 1. The molecule has 19 heteroatoms. The summed E-state index contributed by atoms with van der Waals surface area (Å²) in [4.78, 5) is 90.9. The van der Waals surface area contributed by atoms with E-state index in [1.807, 2.05) is 0 Å². The zero-order valence-electron chi connectivity index (χ0n) is 28.8. The van der Waals surface area contributed by atoms with Crippen molar-refractivity contribution in [2.75, 3.05) is 36.9 Å². The minimum atomic E-state index is -1.29. The van der Waals surface area contributed by atoms with Crippen LogP contribution in [0.1, 0.15) is 61.5 Å². The molecule has 52 heavy (non-hydrogen) atoms. The average molecular weight is 739 g/mol. The number of aromatic nitrogens is 4. The van der Waals surface area contributed by atoms with Gasteiger partial charge in [0.2, 0.25) is 29.5 Å². The number of nitrogens with one attached hydrogen (secondary N) is 4. The van der Waals surface area contributed by atoms with E-state index in [4.69, 9.17) is 5.73 Å². The molecule has 278 valence electrons. The molecule has 0 aliphatic carbocycles. The average Bonchev–Trinajstić information content (AvgIpc) is 3.38. The van der Waals surface area contributed by atoms with Crippen molar-refractivity contribution in [2.24, 2.45) is 0 Å². The van der Waals surface area contributed by atoms with Crippen LogP contribution in [0.5, 0.6) is 5.88 Å². The van der Waals surface area contributed by atoms with Gasteiger partial charge >= 0.3 is 5.97 Å². The Bertz CT molecular complexity index is 1790. The minimum absolute atomic E-state index is 0.0310. The molecule has 0 spiro atoms. The summed E-state index contributed by atoms with van der Waals surface area (Å²) < 4.78 is 0. The van der Waals surface area contributed by atoms with Crippen molar-refractivity contribution in [3.8, 4) is 5.88 Å². The molecule has 3 unspecified atom stereocenters. The van der Waals surface area contributed by atoms with Gasteiger partial charge in [0, 0.05) is 42.9 Å². The molecule has 4 rings (SSSR count). The molecule has 1 fully saturated rings. The number of Topliss-reactive ketones (excluding diaryl/α,β-unsaturated/α-hetero) is 1. The van der Waals surface area contributed by atoms with E-state index in [0.717, 1.165) is 0 Å². The van der Waals surface area contributed by atoms with Crippen LogP contribution in [0.25, 0.3) is 11.2 Å². The number of thioether (sulfide) groups is 1. The van der Waals surface area contributed by atoms with Crippen LogP contribution in [0.15, 0.2) is 30.5 Å². The van der Waals surface area contributed by atoms with Gasteiger partial charge in [-0.2, -0.15) is 9.97 Å². The number of unbranched alkanes of at least 4 members (excludes halogenated alkanes) is 2. The van der Waals surface area contributed by atoms with Crippen LogP contribution in [0, 0.1) is 0 Å². The molecular weight excluding hydrogens is 696 g/mol. The van der Waals surface area contributed by atoms with Crippen LogP contribution in [-0.4, -0.2) is 114 Å². The lowest BCUT2D eigenvalue weighted by atomic mass is 10.1. The highest BCUT2D eigenvalue weighted by Crippen LogP contribution is 2.26. The summed E-state index contributed by atoms with van der Waals surface area (Å²) in [7, 11) is 1.67. The maximum atomic E-state index is 12.8. The lowest BCUT2D eigenvalue weighted by Crippen LogP contribution is -2.41. The highest BCUT2D eigenvalue weighted by molar-refractivity contribution is 8.00. The standard InChI is InChI=1S/C33H42N10O8S/c1-18(44)23(35-2)17-52-24-14-26(46)43(31(24)49)13-5-3-4-12-36-25(45)11-10-22(32(50)51)40-29(47)19-6-8-20(9-7-19)37-15-21-16-38-28-27(39-21)30(48)42-33(34)41-28/h6-9,16,22-24,35,37H,3-5,10-15,17H2,1-2H3,(H,36,45)(H,40,47)(H,50,51)(H3,34,38,41,42,48). The molecule has 3 heterocycles. The molecule has 2 aromatic heterocycles. The number of imide groups is 1. The Morgan fingerprint density at radius 3 is 2.50 bits per heavy atom. The maximum absolute atomic E-state index is 12.8. The number of benzene rings is 1. The number of carboxylic acid groups (broad SMARTS) is 1. The van der Waals surface area contributed by atoms with Crippen molar-refractivity contribution < 1.29 is 39.0 Å². The van der Waals surface area contributed by atoms with Crippen LogP contribution >= 0.6 is 11.8 Å². The molecule has 0 bridgehead atoms. The summed E-state index contributed by atoms with van der Waals surface area (Å²) in [5, 5.41) is 30.3. The predicted octanol–water partition coefficient (Wildman–Crippen LogP) is 0.607. The first-order valence-electron chi connectivity index (χ1n) is 16.6. The Hall–Kier alpha value is -5.43. The third-order valence-corrected chi connectivity index (χ3v) is 9.52. The molecule has 1 aliphatic rings. The number of rotatable bonds is 20. The lowest BCUT2D eigenvalue weighted by Gasteiger charge is -2.16. The Morgan fingerprint density at radius 1 is 1.06 bits per heavy atom. The van der Waals surface area contributed by atoms with Gasteiger partial charge in [0.15, 0.2) is 11.2 Å². The number of likely N-dealkylation sites (N-methyl/N-ethyl adjacent to an activating group) is 1. The van der Waals surface area contributed by atoms with E-state index in [-0.39, 0.29) is 90.5 Å². The normalized spacial score (nSPS) is 15.3. The Labute approximate surface area is 303 Å². The predicted molar refractivity (Wildman–Crippen MR) is 191 cm³/mol. The molecule has 1 aliphatic heterocycles. The number of anilines is 2. The number of nitrogens with two attached hydrogens (primary N) is 1. The fourth-order valence-electron chi connectivity index (χ4n) is 5.26. The maximum Gasteiger partial charge on any atom is 0.326 e. The highest BCUT2D eigenvalue weighted by atomic mass is 32.2. The summed E-state index contributed by atoms with van der Waals surface area (Å²) in [6, 6.07) is 4.62. The Balaban J connectivity index is 1.12. The fraction of sp³-hybridized carbons (Fsp3) is 0.455. The van der Waals surface area contributed by atoms with Gasteiger partial charge in [0.05, 0.1) is 29.7 Å². The van der Waals surface area contributed by atoms with E-state index in [1.165, 1.54) is 41.9 Å². The second-order valence-corrected chi connectivity index (χ2v) is 13.3. The smallest absolute Gasteiger partial charge is 0.326 e. The zero-order valence-corrected chi connectivity index (χ0v) is 29.6. The van der Waals surface area contributed by atoms with Crippen LogP contribution in [0.3, 0.4) is 0 Å². The Kier molecular flexibility index (Phi) is 14.2. The van der Waals surface area contributed by atoms with Gasteiger partial charge in [-0.15, -0.1) is 11.8 Å². The largest absolute Gasteiger partial charge is 0.492 e. The van der Waals surface area contributed by atoms with Crippen molar-refractivity contribution in [1.82, 2.24) is 40.8 Å². The summed E-state index contributed by atoms with van der Waals surface area (Å²) in [6.45, 7) is 2.32. The van der Waals surface area contributed by atoms with E-state index in [2.05, 4.69) is 41.2 Å². The van der Waals surface area contributed by atoms with Crippen LogP contribution in [0.4, 0.5) is 11.6 Å².